The van der Waals surface area contributed by atoms with Gasteiger partial charge in [-0.25, -0.2) is 13.1 Å². The SMILES string of the molecule is COc1ccc(CCNS(=O)(=O)c2cc(OC)c(OC)cc2C)cc1OC. The summed E-state index contributed by atoms with van der Waals surface area (Å²) in [7, 11) is 2.41. The van der Waals surface area contributed by atoms with E-state index in [0.29, 0.717) is 35.0 Å². The topological polar surface area (TPSA) is 83.1 Å². The van der Waals surface area contributed by atoms with Crippen LogP contribution in [-0.4, -0.2) is 43.4 Å². The Balaban J connectivity index is 2.14. The van der Waals surface area contributed by atoms with E-state index in [4.69, 9.17) is 18.9 Å². The largest absolute Gasteiger partial charge is 0.493 e. The lowest BCUT2D eigenvalue weighted by atomic mass is 10.1. The summed E-state index contributed by atoms with van der Waals surface area (Å²) >= 11 is 0. The molecular formula is C19H25NO6S. The first kappa shape index (κ1) is 20.9. The van der Waals surface area contributed by atoms with Gasteiger partial charge in [0.25, 0.3) is 0 Å². The highest BCUT2D eigenvalue weighted by molar-refractivity contribution is 7.89. The molecule has 7 nitrogen and oxygen atoms in total. The number of benzene rings is 2. The molecule has 0 spiro atoms. The van der Waals surface area contributed by atoms with Crippen molar-refractivity contribution in [1.29, 1.82) is 0 Å². The monoisotopic (exact) mass is 395 g/mol. The predicted molar refractivity (Wildman–Crippen MR) is 103 cm³/mol. The highest BCUT2D eigenvalue weighted by atomic mass is 32.2. The zero-order valence-corrected chi connectivity index (χ0v) is 17.0. The smallest absolute Gasteiger partial charge is 0.240 e. The van der Waals surface area contributed by atoms with Crippen LogP contribution in [0.1, 0.15) is 11.1 Å². The lowest BCUT2D eigenvalue weighted by molar-refractivity contribution is 0.353. The molecule has 1 N–H and O–H groups in total. The number of hydrogen-bond acceptors (Lipinski definition) is 6. The molecule has 0 heterocycles. The van der Waals surface area contributed by atoms with Crippen molar-refractivity contribution in [2.75, 3.05) is 35.0 Å². The first-order chi connectivity index (χ1) is 12.9. The van der Waals surface area contributed by atoms with Gasteiger partial charge in [0.1, 0.15) is 0 Å². The molecule has 27 heavy (non-hydrogen) atoms. The minimum atomic E-state index is -3.69. The van der Waals surface area contributed by atoms with Gasteiger partial charge in [0, 0.05) is 12.6 Å². The molecule has 0 fully saturated rings. The number of sulfonamides is 1. The number of methoxy groups -OCH3 is 4. The zero-order valence-electron chi connectivity index (χ0n) is 16.2. The summed E-state index contributed by atoms with van der Waals surface area (Å²) in [4.78, 5) is 0.160. The molecule has 2 aromatic rings. The number of aryl methyl sites for hydroxylation is 1. The summed E-state index contributed by atoms with van der Waals surface area (Å²) in [5.74, 6) is 2.08. The molecule has 0 aliphatic rings. The zero-order chi connectivity index (χ0) is 20.0. The van der Waals surface area contributed by atoms with Crippen LogP contribution in [0.2, 0.25) is 0 Å². The van der Waals surface area contributed by atoms with Gasteiger partial charge < -0.3 is 18.9 Å². The average molecular weight is 395 g/mol. The Bertz CT molecular complexity index is 895. The number of nitrogens with one attached hydrogen (secondary N) is 1. The third kappa shape index (κ3) is 4.84. The summed E-state index contributed by atoms with van der Waals surface area (Å²) in [6.45, 7) is 1.95. The maximum Gasteiger partial charge on any atom is 0.240 e. The van der Waals surface area contributed by atoms with Crippen LogP contribution < -0.4 is 23.7 Å². The van der Waals surface area contributed by atoms with Crippen molar-refractivity contribution in [3.8, 4) is 23.0 Å². The van der Waals surface area contributed by atoms with Crippen LogP contribution in [0.3, 0.4) is 0 Å². The fourth-order valence-corrected chi connectivity index (χ4v) is 3.97. The molecule has 148 valence electrons. The van der Waals surface area contributed by atoms with E-state index in [1.807, 2.05) is 12.1 Å². The Hall–Kier alpha value is -2.45. The number of ether oxygens (including phenoxy) is 4. The Morgan fingerprint density at radius 1 is 0.815 bits per heavy atom. The van der Waals surface area contributed by atoms with Crippen molar-refractivity contribution in [2.24, 2.45) is 0 Å². The van der Waals surface area contributed by atoms with Gasteiger partial charge in [-0.3, -0.25) is 0 Å². The quantitative estimate of drug-likeness (QED) is 0.703. The molecule has 0 saturated carbocycles. The van der Waals surface area contributed by atoms with E-state index in [1.165, 1.54) is 20.3 Å². The minimum Gasteiger partial charge on any atom is -0.493 e. The molecule has 0 aliphatic heterocycles. The van der Waals surface area contributed by atoms with E-state index in [2.05, 4.69) is 4.72 Å². The van der Waals surface area contributed by atoms with Crippen LogP contribution in [0.15, 0.2) is 35.2 Å². The first-order valence-corrected chi connectivity index (χ1v) is 9.77. The Morgan fingerprint density at radius 3 is 1.96 bits per heavy atom. The van der Waals surface area contributed by atoms with E-state index in [1.54, 1.807) is 33.3 Å². The van der Waals surface area contributed by atoms with Gasteiger partial charge in [0.05, 0.1) is 33.3 Å². The van der Waals surface area contributed by atoms with Gasteiger partial charge in [-0.15, -0.1) is 0 Å². The molecular weight excluding hydrogens is 370 g/mol. The lowest BCUT2D eigenvalue weighted by Gasteiger charge is -2.14. The van der Waals surface area contributed by atoms with Crippen molar-refractivity contribution in [1.82, 2.24) is 4.72 Å². The van der Waals surface area contributed by atoms with Crippen LogP contribution in [-0.2, 0) is 16.4 Å². The molecule has 0 unspecified atom stereocenters. The van der Waals surface area contributed by atoms with Crippen molar-refractivity contribution < 1.29 is 27.4 Å². The summed E-state index contributed by atoms with van der Waals surface area (Å²) in [6.07, 6.45) is 0.506. The third-order valence-corrected chi connectivity index (χ3v) is 5.73. The van der Waals surface area contributed by atoms with E-state index in [0.717, 1.165) is 5.56 Å². The van der Waals surface area contributed by atoms with Gasteiger partial charge in [0.2, 0.25) is 10.0 Å². The second-order valence-corrected chi connectivity index (χ2v) is 7.55. The normalized spacial score (nSPS) is 11.1. The molecule has 2 aromatic carbocycles. The third-order valence-electron chi connectivity index (χ3n) is 4.12. The van der Waals surface area contributed by atoms with Gasteiger partial charge in [-0.1, -0.05) is 6.07 Å². The van der Waals surface area contributed by atoms with Crippen molar-refractivity contribution in [3.05, 3.63) is 41.5 Å². The fraction of sp³-hybridized carbons (Fsp3) is 0.368. The molecule has 0 aromatic heterocycles. The summed E-state index contributed by atoms with van der Waals surface area (Å²) in [5.41, 5.74) is 1.51. The molecule has 2 rings (SSSR count). The average Bonchev–Trinajstić information content (AvgIpc) is 2.67. The first-order valence-electron chi connectivity index (χ1n) is 8.29. The molecule has 0 bridgehead atoms. The number of hydrogen-bond donors (Lipinski definition) is 1. The molecule has 8 heteroatoms. The molecule has 0 radical (unpaired) electrons. The summed E-state index contributed by atoms with van der Waals surface area (Å²) in [6, 6.07) is 8.60. The molecule has 0 saturated heterocycles. The van der Waals surface area contributed by atoms with Gasteiger partial charge in [0.15, 0.2) is 23.0 Å². The molecule has 0 aliphatic carbocycles. The van der Waals surface area contributed by atoms with Crippen molar-refractivity contribution in [3.63, 3.8) is 0 Å². The van der Waals surface area contributed by atoms with Gasteiger partial charge >= 0.3 is 0 Å². The maximum absolute atomic E-state index is 12.7. The minimum absolute atomic E-state index is 0.160. The maximum atomic E-state index is 12.7. The predicted octanol–water partition coefficient (Wildman–Crippen LogP) is 2.55. The number of rotatable bonds is 9. The van der Waals surface area contributed by atoms with Crippen molar-refractivity contribution >= 4 is 10.0 Å². The standard InChI is InChI=1S/C19H25NO6S/c1-13-10-16(24-3)18(26-5)12-19(13)27(21,22)20-9-8-14-6-7-15(23-2)17(11-14)25-4/h6-7,10-12,20H,8-9H2,1-5H3. The second kappa shape index (κ2) is 8.96. The van der Waals surface area contributed by atoms with Crippen molar-refractivity contribution in [2.45, 2.75) is 18.2 Å². The Morgan fingerprint density at radius 2 is 1.37 bits per heavy atom. The van der Waals surface area contributed by atoms with Crippen LogP contribution in [0, 0.1) is 6.92 Å². The highest BCUT2D eigenvalue weighted by Gasteiger charge is 2.20. The van der Waals surface area contributed by atoms with Crippen LogP contribution in [0.5, 0.6) is 23.0 Å². The summed E-state index contributed by atoms with van der Waals surface area (Å²) < 4.78 is 48.9. The summed E-state index contributed by atoms with van der Waals surface area (Å²) in [5, 5.41) is 0. The van der Waals surface area contributed by atoms with Gasteiger partial charge in [-0.2, -0.15) is 0 Å². The van der Waals surface area contributed by atoms with E-state index in [-0.39, 0.29) is 11.4 Å². The Kier molecular flexibility index (Phi) is 6.92. The van der Waals surface area contributed by atoms with Crippen LogP contribution in [0.25, 0.3) is 0 Å². The van der Waals surface area contributed by atoms with Crippen LogP contribution >= 0.6 is 0 Å². The Labute approximate surface area is 160 Å². The lowest BCUT2D eigenvalue weighted by Crippen LogP contribution is -2.26. The van der Waals surface area contributed by atoms with Gasteiger partial charge in [-0.05, 0) is 42.7 Å². The fourth-order valence-electron chi connectivity index (χ4n) is 2.70. The molecule has 0 atom stereocenters. The second-order valence-electron chi connectivity index (χ2n) is 5.81. The molecule has 0 amide bonds. The van der Waals surface area contributed by atoms with E-state index < -0.39 is 10.0 Å². The van der Waals surface area contributed by atoms with E-state index >= 15 is 0 Å². The van der Waals surface area contributed by atoms with Crippen LogP contribution in [0.4, 0.5) is 0 Å². The highest BCUT2D eigenvalue weighted by Crippen LogP contribution is 2.32. The van der Waals surface area contributed by atoms with E-state index in [9.17, 15) is 8.42 Å².